The third kappa shape index (κ3) is 4.90. The highest BCUT2D eigenvalue weighted by Crippen LogP contribution is 2.37. The quantitative estimate of drug-likeness (QED) is 0.671. The predicted molar refractivity (Wildman–Crippen MR) is 119 cm³/mol. The van der Waals surface area contributed by atoms with Crippen LogP contribution in [-0.2, 0) is 14.3 Å². The van der Waals surface area contributed by atoms with Crippen LogP contribution in [0.3, 0.4) is 0 Å². The zero-order valence-corrected chi connectivity index (χ0v) is 18.5. The molecule has 0 bridgehead atoms. The van der Waals surface area contributed by atoms with Crippen LogP contribution in [0.1, 0.15) is 44.9 Å². The number of likely N-dealkylation sites (tertiary alicyclic amines) is 1. The van der Waals surface area contributed by atoms with Gasteiger partial charge in [0.2, 0.25) is 11.7 Å². The van der Waals surface area contributed by atoms with Crippen molar-refractivity contribution in [2.24, 2.45) is 5.92 Å². The van der Waals surface area contributed by atoms with Gasteiger partial charge in [0.15, 0.2) is 0 Å². The van der Waals surface area contributed by atoms with E-state index in [-0.39, 0.29) is 11.8 Å². The van der Waals surface area contributed by atoms with Crippen molar-refractivity contribution < 1.29 is 14.3 Å². The second kappa shape index (κ2) is 9.00. The number of hydrogen-bond acceptors (Lipinski definition) is 4. The number of amides is 1. The number of ether oxygens (including phenoxy) is 2. The molecule has 1 aromatic rings. The number of pyridine rings is 1. The zero-order chi connectivity index (χ0) is 21.9. The maximum Gasteiger partial charge on any atom is 0.225 e. The number of carbonyl (C=O) groups excluding carboxylic acids is 1. The lowest BCUT2D eigenvalue weighted by atomic mass is 9.98. The number of hydrogen-bond donors (Lipinski definition) is 0. The van der Waals surface area contributed by atoms with E-state index in [9.17, 15) is 4.79 Å². The molecule has 0 aromatic carbocycles. The first-order valence-electron chi connectivity index (χ1n) is 10.5. The van der Waals surface area contributed by atoms with Crippen molar-refractivity contribution in [2.45, 2.75) is 46.3 Å². The van der Waals surface area contributed by atoms with Crippen molar-refractivity contribution in [1.29, 1.82) is 0 Å². The molecule has 160 valence electrons. The van der Waals surface area contributed by atoms with Crippen LogP contribution in [0.5, 0.6) is 0 Å². The van der Waals surface area contributed by atoms with Crippen LogP contribution >= 0.6 is 0 Å². The molecule has 2 aliphatic rings. The summed E-state index contributed by atoms with van der Waals surface area (Å²) in [6.07, 6.45) is 7.09. The van der Waals surface area contributed by atoms with Gasteiger partial charge in [0.25, 0.3) is 0 Å². The zero-order valence-electron chi connectivity index (χ0n) is 18.5. The van der Waals surface area contributed by atoms with E-state index in [0.29, 0.717) is 38.3 Å². The Morgan fingerprint density at radius 2 is 2.03 bits per heavy atom. The van der Waals surface area contributed by atoms with Crippen molar-refractivity contribution in [3.8, 4) is 0 Å². The summed E-state index contributed by atoms with van der Waals surface area (Å²) in [5.74, 6) is 0.128. The molecule has 1 spiro atoms. The first kappa shape index (κ1) is 22.0. The van der Waals surface area contributed by atoms with Gasteiger partial charge in [-0.15, -0.1) is 0 Å². The number of allylic oxidation sites excluding steroid dienone is 3. The minimum absolute atomic E-state index is 0.00826. The van der Waals surface area contributed by atoms with E-state index in [1.54, 1.807) is 6.20 Å². The second-order valence-corrected chi connectivity index (χ2v) is 8.43. The monoisotopic (exact) mass is 408 g/mol. The van der Waals surface area contributed by atoms with Crippen molar-refractivity contribution in [1.82, 2.24) is 9.88 Å². The number of nitrogens with zero attached hydrogens (tertiary/aromatic N) is 2. The molecule has 2 saturated heterocycles. The molecular weight excluding hydrogens is 376 g/mol. The Kier molecular flexibility index (Phi) is 6.61. The third-order valence-electron chi connectivity index (χ3n) is 5.75. The molecule has 5 heteroatoms. The summed E-state index contributed by atoms with van der Waals surface area (Å²) >= 11 is 0. The Labute approximate surface area is 179 Å². The lowest BCUT2D eigenvalue weighted by molar-refractivity contribution is -0.246. The summed E-state index contributed by atoms with van der Waals surface area (Å²) < 4.78 is 12.3. The molecule has 0 unspecified atom stereocenters. The molecule has 0 saturated carbocycles. The number of carbonyl (C=O) groups is 1. The van der Waals surface area contributed by atoms with Gasteiger partial charge in [0, 0.05) is 43.6 Å². The average Bonchev–Trinajstić information content (AvgIpc) is 2.72. The predicted octanol–water partition coefficient (Wildman–Crippen LogP) is 4.81. The highest BCUT2D eigenvalue weighted by atomic mass is 16.7. The first-order chi connectivity index (χ1) is 14.2. The van der Waals surface area contributed by atoms with E-state index in [0.717, 1.165) is 28.0 Å². The molecule has 0 aliphatic carbocycles. The van der Waals surface area contributed by atoms with Crippen LogP contribution in [0.15, 0.2) is 60.0 Å². The number of piperidine rings is 1. The first-order valence-corrected chi connectivity index (χ1v) is 10.5. The van der Waals surface area contributed by atoms with Crippen molar-refractivity contribution in [2.75, 3.05) is 19.7 Å². The molecule has 3 heterocycles. The fourth-order valence-corrected chi connectivity index (χ4v) is 3.68. The third-order valence-corrected chi connectivity index (χ3v) is 5.75. The van der Waals surface area contributed by atoms with Gasteiger partial charge in [-0.2, -0.15) is 0 Å². The fourth-order valence-electron chi connectivity index (χ4n) is 3.68. The molecule has 5 nitrogen and oxygen atoms in total. The molecule has 1 amide bonds. The van der Waals surface area contributed by atoms with Crippen molar-refractivity contribution >= 4 is 12.0 Å². The van der Waals surface area contributed by atoms with Crippen LogP contribution in [0.25, 0.3) is 6.08 Å². The summed E-state index contributed by atoms with van der Waals surface area (Å²) in [5.41, 5.74) is 4.84. The maximum atomic E-state index is 12.2. The fraction of sp³-hybridized carbons (Fsp3) is 0.440. The van der Waals surface area contributed by atoms with Gasteiger partial charge in [0.05, 0.1) is 12.3 Å². The van der Waals surface area contributed by atoms with Gasteiger partial charge in [-0.1, -0.05) is 33.1 Å². The summed E-state index contributed by atoms with van der Waals surface area (Å²) in [7, 11) is 0. The normalized spacial score (nSPS) is 20.6. The maximum absolute atomic E-state index is 12.2. The average molecular weight is 409 g/mol. The highest BCUT2D eigenvalue weighted by molar-refractivity contribution is 5.78. The van der Waals surface area contributed by atoms with E-state index in [4.69, 9.17) is 9.47 Å². The molecular formula is C25H32N2O3. The lowest BCUT2D eigenvalue weighted by Gasteiger charge is -2.45. The van der Waals surface area contributed by atoms with E-state index in [2.05, 4.69) is 18.1 Å². The Hall–Kier alpha value is -2.66. The van der Waals surface area contributed by atoms with Crippen LogP contribution in [0.2, 0.25) is 0 Å². The summed E-state index contributed by atoms with van der Waals surface area (Å²) in [6, 6.07) is 3.97. The van der Waals surface area contributed by atoms with E-state index >= 15 is 0 Å². The van der Waals surface area contributed by atoms with Crippen LogP contribution in [0, 0.1) is 12.8 Å². The Morgan fingerprint density at radius 1 is 1.33 bits per heavy atom. The van der Waals surface area contributed by atoms with E-state index < -0.39 is 5.79 Å². The van der Waals surface area contributed by atoms with Gasteiger partial charge >= 0.3 is 0 Å². The number of aromatic nitrogens is 1. The minimum atomic E-state index is -0.681. The van der Waals surface area contributed by atoms with E-state index in [1.807, 2.05) is 56.9 Å². The SMILES string of the molecule is C=C1OC2(CCN(C(=O)C(C)C)CC2)OC/C1=C/C(=C)/C(C)=C/c1ncccc1C. The summed E-state index contributed by atoms with van der Waals surface area (Å²) in [6.45, 7) is 17.9. The summed E-state index contributed by atoms with van der Waals surface area (Å²) in [4.78, 5) is 18.5. The van der Waals surface area contributed by atoms with Gasteiger partial charge < -0.3 is 14.4 Å². The minimum Gasteiger partial charge on any atom is -0.462 e. The van der Waals surface area contributed by atoms with Gasteiger partial charge in [-0.05, 0) is 48.8 Å². The Balaban J connectivity index is 1.63. The Morgan fingerprint density at radius 3 is 2.63 bits per heavy atom. The molecule has 1 aromatic heterocycles. The standard InChI is InChI=1S/C25H32N2O3/c1-17(2)24(28)27-12-9-25(10-13-27)29-16-22(21(6)30-25)14-19(4)20(5)15-23-18(3)8-7-11-26-23/h7-8,11,14-15,17H,4,6,9-10,12-13,16H2,1-3,5H3/b20-15+,22-14-. The van der Waals surface area contributed by atoms with Gasteiger partial charge in [-0.3, -0.25) is 9.78 Å². The lowest BCUT2D eigenvalue weighted by Crippen LogP contribution is -2.52. The molecule has 0 N–H and O–H groups in total. The smallest absolute Gasteiger partial charge is 0.225 e. The molecule has 0 atom stereocenters. The number of rotatable bonds is 4. The van der Waals surface area contributed by atoms with Gasteiger partial charge in [0.1, 0.15) is 5.76 Å². The van der Waals surface area contributed by atoms with Crippen LogP contribution in [-0.4, -0.2) is 41.3 Å². The number of aryl methyl sites for hydroxylation is 1. The molecule has 2 aliphatic heterocycles. The molecule has 30 heavy (non-hydrogen) atoms. The van der Waals surface area contributed by atoms with E-state index in [1.165, 1.54) is 0 Å². The van der Waals surface area contributed by atoms with Crippen LogP contribution < -0.4 is 0 Å². The molecule has 0 radical (unpaired) electrons. The molecule has 3 rings (SSSR count). The molecule has 2 fully saturated rings. The van der Waals surface area contributed by atoms with Crippen molar-refractivity contribution in [3.63, 3.8) is 0 Å². The van der Waals surface area contributed by atoms with Crippen molar-refractivity contribution in [3.05, 3.63) is 71.3 Å². The Bertz CT molecular complexity index is 903. The second-order valence-electron chi connectivity index (χ2n) is 8.43. The van der Waals surface area contributed by atoms with Gasteiger partial charge in [-0.25, -0.2) is 0 Å². The summed E-state index contributed by atoms with van der Waals surface area (Å²) in [5, 5.41) is 0. The topological polar surface area (TPSA) is 51.7 Å². The largest absolute Gasteiger partial charge is 0.462 e. The van der Waals surface area contributed by atoms with Crippen LogP contribution in [0.4, 0.5) is 0 Å². The highest BCUT2D eigenvalue weighted by Gasteiger charge is 2.42.